The van der Waals surface area contributed by atoms with Crippen molar-refractivity contribution in [2.75, 3.05) is 5.75 Å². The molecule has 2 N–H and O–H groups in total. The van der Waals surface area contributed by atoms with Crippen LogP contribution in [0.1, 0.15) is 0 Å². The van der Waals surface area contributed by atoms with Gasteiger partial charge in [-0.1, -0.05) is 18.3 Å². The summed E-state index contributed by atoms with van der Waals surface area (Å²) in [5.41, 5.74) is 0.149. The average Bonchev–Trinajstić information content (AvgIpc) is 2.51. The number of aliphatic carboxylic acids is 1. The fourth-order valence-electron chi connectivity index (χ4n) is 0.481. The molecule has 0 saturated carbocycles. The lowest BCUT2D eigenvalue weighted by Gasteiger charge is -1.95. The summed E-state index contributed by atoms with van der Waals surface area (Å²) in [4.78, 5) is 14.1. The topological polar surface area (TPSA) is 78.9 Å². The molecule has 0 aliphatic heterocycles. The van der Waals surface area contributed by atoms with Gasteiger partial charge in [-0.2, -0.15) is 5.10 Å². The fraction of sp³-hybridized carbons (Fsp3) is 0.167. The van der Waals surface area contributed by atoms with Gasteiger partial charge in [0.2, 0.25) is 0 Å². The highest BCUT2D eigenvalue weighted by molar-refractivity contribution is 7.99. The lowest BCUT2D eigenvalue weighted by atomic mass is 10.4. The van der Waals surface area contributed by atoms with Gasteiger partial charge >= 0.3 is 5.97 Å². The molecular weight excluding hydrogens is 178 g/mol. The Bertz CT molecular complexity index is 283. The van der Waals surface area contributed by atoms with Crippen molar-refractivity contribution >= 4 is 17.7 Å². The number of carboxylic acid groups (broad SMARTS) is 1. The molecule has 0 unspecified atom stereocenters. The number of H-pyrrole nitrogens is 1. The number of nitrogens with zero attached hydrogens (tertiary/aromatic N) is 2. The number of rotatable bonds is 4. The molecule has 1 heterocycles. The third-order valence-electron chi connectivity index (χ3n) is 1.08. The highest BCUT2D eigenvalue weighted by Gasteiger charge is 2.05. The molecule has 6 heteroatoms. The molecule has 1 aromatic heterocycles. The van der Waals surface area contributed by atoms with Crippen molar-refractivity contribution in [3.63, 3.8) is 0 Å². The lowest BCUT2D eigenvalue weighted by molar-refractivity contribution is -0.132. The van der Waals surface area contributed by atoms with E-state index in [1.54, 1.807) is 0 Å². The van der Waals surface area contributed by atoms with Crippen molar-refractivity contribution in [3.05, 3.63) is 18.5 Å². The smallest absolute Gasteiger partial charge is 0.331 e. The van der Waals surface area contributed by atoms with Crippen molar-refractivity contribution in [1.82, 2.24) is 15.2 Å². The van der Waals surface area contributed by atoms with Crippen LogP contribution in [0.25, 0.3) is 0 Å². The molecule has 1 aromatic rings. The van der Waals surface area contributed by atoms with E-state index in [0.717, 1.165) is 0 Å². The molecule has 0 bridgehead atoms. The summed E-state index contributed by atoms with van der Waals surface area (Å²) in [7, 11) is 0. The van der Waals surface area contributed by atoms with Gasteiger partial charge < -0.3 is 5.11 Å². The summed E-state index contributed by atoms with van der Waals surface area (Å²) in [5, 5.41) is 15.3. The van der Waals surface area contributed by atoms with Gasteiger partial charge in [-0.3, -0.25) is 5.10 Å². The number of aromatic amines is 1. The zero-order chi connectivity index (χ0) is 8.97. The normalized spacial score (nSPS) is 9.67. The molecule has 12 heavy (non-hydrogen) atoms. The summed E-state index contributed by atoms with van der Waals surface area (Å²) in [6.07, 6.45) is 1.37. The minimum absolute atomic E-state index is 0.149. The van der Waals surface area contributed by atoms with Crippen LogP contribution in [-0.4, -0.2) is 32.0 Å². The second kappa shape index (κ2) is 3.91. The standard InChI is InChI=1S/C6H7N3O2S/c1-4(5(10)11)2-12-6-7-3-8-9-6/h3H,1-2H2,(H,10,11)(H,7,8,9). The quantitative estimate of drug-likeness (QED) is 0.528. The third kappa shape index (κ3) is 2.39. The Morgan fingerprint density at radius 3 is 3.08 bits per heavy atom. The van der Waals surface area contributed by atoms with Crippen molar-refractivity contribution in [2.45, 2.75) is 5.16 Å². The third-order valence-corrected chi connectivity index (χ3v) is 2.04. The molecule has 0 spiro atoms. The molecule has 5 nitrogen and oxygen atoms in total. The van der Waals surface area contributed by atoms with Crippen LogP contribution in [0.2, 0.25) is 0 Å². The predicted octanol–water partition coefficient (Wildman–Crippen LogP) is 0.538. The minimum Gasteiger partial charge on any atom is -0.478 e. The van der Waals surface area contributed by atoms with Gasteiger partial charge in [0.05, 0.1) is 0 Å². The number of hydrogen-bond acceptors (Lipinski definition) is 4. The molecule has 1 rings (SSSR count). The Hall–Kier alpha value is -1.30. The van der Waals surface area contributed by atoms with Gasteiger partial charge in [-0.15, -0.1) is 0 Å². The molecule has 0 aromatic carbocycles. The van der Waals surface area contributed by atoms with Gasteiger partial charge in [0.1, 0.15) is 6.33 Å². The molecule has 0 saturated heterocycles. The second-order valence-electron chi connectivity index (χ2n) is 1.99. The zero-order valence-electron chi connectivity index (χ0n) is 6.15. The Labute approximate surface area is 72.9 Å². The van der Waals surface area contributed by atoms with Crippen LogP contribution in [0.15, 0.2) is 23.6 Å². The van der Waals surface area contributed by atoms with E-state index in [1.807, 2.05) is 0 Å². The predicted molar refractivity (Wildman–Crippen MR) is 43.9 cm³/mol. The Balaban J connectivity index is 2.37. The van der Waals surface area contributed by atoms with Crippen molar-refractivity contribution in [2.24, 2.45) is 0 Å². The van der Waals surface area contributed by atoms with Crippen LogP contribution in [0.4, 0.5) is 0 Å². The lowest BCUT2D eigenvalue weighted by Crippen LogP contribution is -2.01. The number of carbonyl (C=O) groups is 1. The maximum atomic E-state index is 10.3. The van der Waals surface area contributed by atoms with Crippen molar-refractivity contribution in [1.29, 1.82) is 0 Å². The molecule has 0 aliphatic rings. The van der Waals surface area contributed by atoms with Crippen LogP contribution < -0.4 is 0 Å². The van der Waals surface area contributed by atoms with Gasteiger partial charge in [0.15, 0.2) is 5.16 Å². The Morgan fingerprint density at radius 1 is 1.83 bits per heavy atom. The number of aromatic nitrogens is 3. The van der Waals surface area contributed by atoms with Crippen molar-refractivity contribution in [3.8, 4) is 0 Å². The second-order valence-corrected chi connectivity index (χ2v) is 2.95. The van der Waals surface area contributed by atoms with Crippen LogP contribution in [0.3, 0.4) is 0 Å². The van der Waals surface area contributed by atoms with E-state index in [1.165, 1.54) is 18.1 Å². The monoisotopic (exact) mass is 185 g/mol. The van der Waals surface area contributed by atoms with E-state index in [4.69, 9.17) is 5.11 Å². The maximum absolute atomic E-state index is 10.3. The number of thioether (sulfide) groups is 1. The van der Waals surface area contributed by atoms with E-state index in [9.17, 15) is 4.79 Å². The van der Waals surface area contributed by atoms with Crippen LogP contribution in [0.5, 0.6) is 0 Å². The number of nitrogens with one attached hydrogen (secondary N) is 1. The largest absolute Gasteiger partial charge is 0.478 e. The minimum atomic E-state index is -0.984. The number of hydrogen-bond donors (Lipinski definition) is 2. The summed E-state index contributed by atoms with van der Waals surface area (Å²) in [6, 6.07) is 0. The molecule has 0 radical (unpaired) electrons. The van der Waals surface area contributed by atoms with Crippen LogP contribution >= 0.6 is 11.8 Å². The summed E-state index contributed by atoms with van der Waals surface area (Å²) in [5.74, 6) is -0.674. The van der Waals surface area contributed by atoms with E-state index >= 15 is 0 Å². The summed E-state index contributed by atoms with van der Waals surface area (Å²) < 4.78 is 0. The van der Waals surface area contributed by atoms with Gasteiger partial charge in [-0.25, -0.2) is 9.78 Å². The van der Waals surface area contributed by atoms with E-state index in [2.05, 4.69) is 21.8 Å². The van der Waals surface area contributed by atoms with Gasteiger partial charge in [0, 0.05) is 11.3 Å². The van der Waals surface area contributed by atoms with Gasteiger partial charge in [0.25, 0.3) is 0 Å². The first-order chi connectivity index (χ1) is 5.70. The number of carboxylic acids is 1. The van der Waals surface area contributed by atoms with Gasteiger partial charge in [-0.05, 0) is 0 Å². The highest BCUT2D eigenvalue weighted by Crippen LogP contribution is 2.13. The zero-order valence-corrected chi connectivity index (χ0v) is 6.97. The summed E-state index contributed by atoms with van der Waals surface area (Å²) >= 11 is 1.25. The van der Waals surface area contributed by atoms with Crippen LogP contribution in [0, 0.1) is 0 Å². The van der Waals surface area contributed by atoms with E-state index in [-0.39, 0.29) is 5.57 Å². The fourth-order valence-corrected chi connectivity index (χ4v) is 1.15. The highest BCUT2D eigenvalue weighted by atomic mass is 32.2. The molecule has 0 amide bonds. The molecular formula is C6H7N3O2S. The van der Waals surface area contributed by atoms with Crippen LogP contribution in [-0.2, 0) is 4.79 Å². The first-order valence-electron chi connectivity index (χ1n) is 3.09. The Kier molecular flexibility index (Phi) is 2.87. The van der Waals surface area contributed by atoms with E-state index < -0.39 is 5.97 Å². The Morgan fingerprint density at radius 2 is 2.58 bits per heavy atom. The van der Waals surface area contributed by atoms with Crippen molar-refractivity contribution < 1.29 is 9.90 Å². The first kappa shape index (κ1) is 8.79. The molecule has 0 fully saturated rings. The maximum Gasteiger partial charge on any atom is 0.331 e. The molecule has 64 valence electrons. The molecule has 0 atom stereocenters. The average molecular weight is 185 g/mol. The summed E-state index contributed by atoms with van der Waals surface area (Å²) in [6.45, 7) is 3.37. The SMILES string of the molecule is C=C(CSc1ncn[nH]1)C(=O)O. The first-order valence-corrected chi connectivity index (χ1v) is 4.08. The van der Waals surface area contributed by atoms with E-state index in [0.29, 0.717) is 10.9 Å². The molecule has 0 aliphatic carbocycles.